The minimum absolute atomic E-state index is 0.0245. The second kappa shape index (κ2) is 12.4. The van der Waals surface area contributed by atoms with E-state index in [0.29, 0.717) is 43.7 Å². The van der Waals surface area contributed by atoms with Crippen LogP contribution in [0.25, 0.3) is 11.2 Å². The Bertz CT molecular complexity index is 1440. The lowest BCUT2D eigenvalue weighted by molar-refractivity contribution is -0.137. The zero-order valence-electron chi connectivity index (χ0n) is 23.8. The third kappa shape index (κ3) is 6.77. The van der Waals surface area contributed by atoms with Crippen molar-refractivity contribution < 1.29 is 18.0 Å². The van der Waals surface area contributed by atoms with Gasteiger partial charge in [-0.25, -0.2) is 9.78 Å². The van der Waals surface area contributed by atoms with Crippen LogP contribution in [0.15, 0.2) is 24.5 Å². The molecule has 2 amide bonds. The van der Waals surface area contributed by atoms with Gasteiger partial charge < -0.3 is 31.2 Å². The summed E-state index contributed by atoms with van der Waals surface area (Å²) in [6, 6.07) is 3.31. The van der Waals surface area contributed by atoms with Gasteiger partial charge >= 0.3 is 12.2 Å². The largest absolute Gasteiger partial charge is 0.416 e. The number of aromatic nitrogens is 4. The van der Waals surface area contributed by atoms with Crippen molar-refractivity contribution in [2.45, 2.75) is 94.6 Å². The molecule has 232 valence electrons. The maximum atomic E-state index is 13.2. The fourth-order valence-electron chi connectivity index (χ4n) is 6.39. The molecule has 14 heteroatoms. The first-order chi connectivity index (χ1) is 20.6. The van der Waals surface area contributed by atoms with Gasteiger partial charge in [0.2, 0.25) is 5.95 Å². The van der Waals surface area contributed by atoms with Crippen LogP contribution in [-0.4, -0.2) is 61.7 Å². The van der Waals surface area contributed by atoms with Gasteiger partial charge in [-0.2, -0.15) is 23.1 Å². The number of piperidine rings is 1. The second-order valence-electron chi connectivity index (χ2n) is 11.9. The van der Waals surface area contributed by atoms with E-state index < -0.39 is 17.8 Å². The number of amides is 2. The summed E-state index contributed by atoms with van der Waals surface area (Å²) in [5, 5.41) is 9.69. The zero-order chi connectivity index (χ0) is 30.1. The molecule has 3 aromatic rings. The number of carbonyl (C=O) groups is 1. The second-order valence-corrected chi connectivity index (χ2v) is 12.3. The molecule has 2 aromatic heterocycles. The number of rotatable bonds is 6. The first kappa shape index (κ1) is 29.7. The normalized spacial score (nSPS) is 22.2. The highest BCUT2D eigenvalue weighted by atomic mass is 35.5. The van der Waals surface area contributed by atoms with Crippen molar-refractivity contribution in [3.8, 4) is 0 Å². The lowest BCUT2D eigenvalue weighted by Crippen LogP contribution is -2.44. The van der Waals surface area contributed by atoms with Gasteiger partial charge in [-0.1, -0.05) is 24.4 Å². The number of imidazole rings is 1. The molecule has 2 aliphatic carbocycles. The molecule has 0 bridgehead atoms. The Balaban J connectivity index is 1.14. The number of benzene rings is 1. The van der Waals surface area contributed by atoms with Crippen LogP contribution in [0.2, 0.25) is 5.02 Å². The molecular weight excluding hydrogens is 583 g/mol. The van der Waals surface area contributed by atoms with Gasteiger partial charge in [0.25, 0.3) is 0 Å². The number of halogens is 4. The maximum absolute atomic E-state index is 13.2. The first-order valence-electron chi connectivity index (χ1n) is 15.1. The van der Waals surface area contributed by atoms with E-state index in [4.69, 9.17) is 32.3 Å². The molecule has 0 radical (unpaired) electrons. The van der Waals surface area contributed by atoms with Crippen molar-refractivity contribution >= 4 is 46.2 Å². The predicted molar refractivity (Wildman–Crippen MR) is 160 cm³/mol. The molecule has 1 saturated heterocycles. The van der Waals surface area contributed by atoms with Crippen molar-refractivity contribution in [3.63, 3.8) is 0 Å². The Morgan fingerprint density at radius 1 is 0.953 bits per heavy atom. The third-order valence-electron chi connectivity index (χ3n) is 8.90. The Labute approximate surface area is 253 Å². The lowest BCUT2D eigenvalue weighted by atomic mass is 9.92. The molecule has 2 saturated carbocycles. The van der Waals surface area contributed by atoms with Crippen LogP contribution in [0.5, 0.6) is 0 Å². The first-order valence-corrected chi connectivity index (χ1v) is 15.5. The molecule has 43 heavy (non-hydrogen) atoms. The van der Waals surface area contributed by atoms with Gasteiger partial charge in [-0.15, -0.1) is 0 Å². The quantitative estimate of drug-likeness (QED) is 0.251. The van der Waals surface area contributed by atoms with E-state index in [1.54, 1.807) is 4.90 Å². The molecule has 3 aliphatic rings. The zero-order valence-corrected chi connectivity index (χ0v) is 24.6. The van der Waals surface area contributed by atoms with Crippen LogP contribution in [-0.2, 0) is 6.18 Å². The number of nitrogens with two attached hydrogens (primary N) is 1. The molecule has 3 fully saturated rings. The average molecular weight is 620 g/mol. The molecule has 0 unspecified atom stereocenters. The number of nitrogens with zero attached hydrogens (tertiary/aromatic N) is 5. The fraction of sp³-hybridized carbons (Fsp3) is 0.586. The van der Waals surface area contributed by atoms with Gasteiger partial charge in [0, 0.05) is 37.3 Å². The molecule has 6 rings (SSSR count). The summed E-state index contributed by atoms with van der Waals surface area (Å²) in [6.45, 7) is 0.830. The highest BCUT2D eigenvalue weighted by Gasteiger charge is 2.32. The van der Waals surface area contributed by atoms with Crippen LogP contribution >= 0.6 is 11.6 Å². The van der Waals surface area contributed by atoms with Crippen LogP contribution in [0.4, 0.5) is 35.4 Å². The fourth-order valence-corrected chi connectivity index (χ4v) is 6.55. The molecule has 0 spiro atoms. The van der Waals surface area contributed by atoms with Crippen molar-refractivity contribution in [1.29, 1.82) is 0 Å². The summed E-state index contributed by atoms with van der Waals surface area (Å²) in [7, 11) is 0. The molecular formula is C29H37ClF3N9O. The number of carbonyl (C=O) groups excluding carboxylic acids is 1. The van der Waals surface area contributed by atoms with Crippen LogP contribution < -0.4 is 21.7 Å². The number of nitrogens with one attached hydrogen (secondary N) is 3. The van der Waals surface area contributed by atoms with Crippen LogP contribution in [0, 0.1) is 0 Å². The minimum atomic E-state index is -4.53. The van der Waals surface area contributed by atoms with Gasteiger partial charge in [0.15, 0.2) is 17.0 Å². The summed E-state index contributed by atoms with van der Waals surface area (Å²) >= 11 is 6.07. The Hall–Kier alpha value is -3.32. The molecule has 5 N–H and O–H groups in total. The number of urea groups is 1. The van der Waals surface area contributed by atoms with Crippen molar-refractivity contribution in [3.05, 3.63) is 35.1 Å². The highest BCUT2D eigenvalue weighted by Crippen LogP contribution is 2.35. The van der Waals surface area contributed by atoms with Crippen molar-refractivity contribution in [2.75, 3.05) is 29.0 Å². The van der Waals surface area contributed by atoms with E-state index in [9.17, 15) is 18.0 Å². The van der Waals surface area contributed by atoms with Gasteiger partial charge in [0.05, 0.1) is 22.6 Å². The molecule has 1 aliphatic heterocycles. The van der Waals surface area contributed by atoms with Crippen molar-refractivity contribution in [2.24, 2.45) is 5.73 Å². The summed E-state index contributed by atoms with van der Waals surface area (Å²) in [4.78, 5) is 29.0. The highest BCUT2D eigenvalue weighted by molar-refractivity contribution is 6.33. The molecule has 1 aromatic carbocycles. The number of hydrogen-bond acceptors (Lipinski definition) is 7. The average Bonchev–Trinajstić information content (AvgIpc) is 3.66. The lowest BCUT2D eigenvalue weighted by Gasteiger charge is -2.33. The summed E-state index contributed by atoms with van der Waals surface area (Å²) in [6.07, 6.45) is 7.07. The van der Waals surface area contributed by atoms with Gasteiger partial charge in [-0.3, -0.25) is 0 Å². The molecule has 0 atom stereocenters. The standard InChI is InChI=1S/C29H37ClF3N9O/c30-22-10-5-17(29(31,32)33)15-23(22)38-28(43)41-13-11-20(12-14-41)36-25-24-26(42(16-35-24)21-3-1-2-4-21)40-27(39-25)37-19-8-6-18(34)7-9-19/h5,10,15-16,18-21H,1-4,6-9,11-14,34H2,(H,38,43)(H2,36,37,39,40). The van der Waals surface area contributed by atoms with Gasteiger partial charge in [0.1, 0.15) is 0 Å². The predicted octanol–water partition coefficient (Wildman–Crippen LogP) is 6.40. The topological polar surface area (TPSA) is 126 Å². The van der Waals surface area contributed by atoms with Crippen molar-refractivity contribution in [1.82, 2.24) is 24.4 Å². The van der Waals surface area contributed by atoms with Gasteiger partial charge in [-0.05, 0) is 69.6 Å². The van der Waals surface area contributed by atoms with E-state index in [-0.39, 0.29) is 28.8 Å². The van der Waals surface area contributed by atoms with Crippen LogP contribution in [0.3, 0.4) is 0 Å². The van der Waals surface area contributed by atoms with E-state index >= 15 is 0 Å². The monoisotopic (exact) mass is 619 g/mol. The number of alkyl halides is 3. The number of likely N-dealkylation sites (tertiary alicyclic amines) is 1. The third-order valence-corrected chi connectivity index (χ3v) is 9.23. The summed E-state index contributed by atoms with van der Waals surface area (Å²) in [5.41, 5.74) is 6.71. The minimum Gasteiger partial charge on any atom is -0.365 e. The number of hydrogen-bond donors (Lipinski definition) is 4. The molecule has 3 heterocycles. The Morgan fingerprint density at radius 2 is 1.65 bits per heavy atom. The van der Waals surface area contributed by atoms with E-state index in [0.717, 1.165) is 67.9 Å². The van der Waals surface area contributed by atoms with Crippen LogP contribution in [0.1, 0.15) is 75.8 Å². The summed E-state index contributed by atoms with van der Waals surface area (Å²) in [5.74, 6) is 1.24. The molecule has 10 nitrogen and oxygen atoms in total. The Morgan fingerprint density at radius 3 is 2.35 bits per heavy atom. The SMILES string of the molecule is NC1CCC(Nc2nc(NC3CCN(C(=O)Nc4cc(C(F)(F)F)ccc4Cl)CC3)c3ncn(C4CCCC4)c3n2)CC1. The smallest absolute Gasteiger partial charge is 0.365 e. The summed E-state index contributed by atoms with van der Waals surface area (Å²) < 4.78 is 41.6. The van der Waals surface area contributed by atoms with E-state index in [2.05, 4.69) is 20.5 Å². The maximum Gasteiger partial charge on any atom is 0.416 e. The van der Waals surface area contributed by atoms with E-state index in [1.807, 2.05) is 6.33 Å². The number of fused-ring (bicyclic) bond motifs is 1. The van der Waals surface area contributed by atoms with E-state index in [1.165, 1.54) is 12.8 Å². The number of anilines is 3. The Kier molecular flexibility index (Phi) is 8.54.